The first-order valence-corrected chi connectivity index (χ1v) is 8.46. The van der Waals surface area contributed by atoms with Crippen molar-refractivity contribution in [2.45, 2.75) is 32.1 Å². The van der Waals surface area contributed by atoms with E-state index in [0.29, 0.717) is 5.95 Å². The van der Waals surface area contributed by atoms with Crippen LogP contribution in [0.25, 0.3) is 11.2 Å². The molecule has 0 spiro atoms. The van der Waals surface area contributed by atoms with Gasteiger partial charge in [-0.3, -0.25) is 0 Å². The van der Waals surface area contributed by atoms with Gasteiger partial charge in [0.1, 0.15) is 5.52 Å². The maximum absolute atomic E-state index is 4.76. The second-order valence-electron chi connectivity index (χ2n) is 5.62. The first kappa shape index (κ1) is 13.6. The van der Waals surface area contributed by atoms with Gasteiger partial charge in [0, 0.05) is 24.9 Å². The SMILES string of the molecule is Cn1cnc2nc(NCCc3nc4c(s3)CCCC4)ncc21. The monoisotopic (exact) mass is 314 g/mol. The zero-order valence-electron chi connectivity index (χ0n) is 12.5. The maximum atomic E-state index is 4.76. The minimum atomic E-state index is 0.632. The lowest BCUT2D eigenvalue weighted by molar-refractivity contribution is 0.680. The smallest absolute Gasteiger partial charge is 0.224 e. The largest absolute Gasteiger partial charge is 0.354 e. The summed E-state index contributed by atoms with van der Waals surface area (Å²) in [4.78, 5) is 19.3. The maximum Gasteiger partial charge on any atom is 0.224 e. The molecule has 0 saturated carbocycles. The van der Waals surface area contributed by atoms with E-state index in [9.17, 15) is 0 Å². The molecule has 3 heterocycles. The Morgan fingerprint density at radius 1 is 1.23 bits per heavy atom. The van der Waals surface area contributed by atoms with E-state index in [4.69, 9.17) is 4.98 Å². The number of nitrogens with one attached hydrogen (secondary N) is 1. The van der Waals surface area contributed by atoms with Crippen LogP contribution in [0.1, 0.15) is 28.4 Å². The van der Waals surface area contributed by atoms with E-state index in [0.717, 1.165) is 30.6 Å². The van der Waals surface area contributed by atoms with E-state index in [-0.39, 0.29) is 0 Å². The minimum Gasteiger partial charge on any atom is -0.354 e. The van der Waals surface area contributed by atoms with Crippen LogP contribution in [-0.2, 0) is 26.3 Å². The third-order valence-electron chi connectivity index (χ3n) is 4.00. The molecule has 0 atom stereocenters. The molecule has 4 rings (SSSR count). The summed E-state index contributed by atoms with van der Waals surface area (Å²) in [5, 5.41) is 4.49. The molecule has 0 radical (unpaired) electrons. The lowest BCUT2D eigenvalue weighted by atomic mass is 10.0. The van der Waals surface area contributed by atoms with Crippen LogP contribution in [0.15, 0.2) is 12.5 Å². The van der Waals surface area contributed by atoms with Gasteiger partial charge < -0.3 is 9.88 Å². The molecule has 0 aromatic carbocycles. The van der Waals surface area contributed by atoms with E-state index in [1.807, 2.05) is 23.0 Å². The van der Waals surface area contributed by atoms with Crippen molar-refractivity contribution in [2.24, 2.45) is 7.05 Å². The summed E-state index contributed by atoms with van der Waals surface area (Å²) in [7, 11) is 1.94. The molecule has 0 fully saturated rings. The number of rotatable bonds is 4. The Balaban J connectivity index is 1.40. The third-order valence-corrected chi connectivity index (χ3v) is 5.21. The van der Waals surface area contributed by atoms with Crippen LogP contribution < -0.4 is 5.32 Å². The van der Waals surface area contributed by atoms with Crippen molar-refractivity contribution in [2.75, 3.05) is 11.9 Å². The van der Waals surface area contributed by atoms with Crippen LogP contribution in [0.2, 0.25) is 0 Å². The molecule has 6 nitrogen and oxygen atoms in total. The number of hydrogen-bond acceptors (Lipinski definition) is 6. The molecule has 0 saturated heterocycles. The summed E-state index contributed by atoms with van der Waals surface area (Å²) >= 11 is 1.87. The Morgan fingerprint density at radius 2 is 2.14 bits per heavy atom. The lowest BCUT2D eigenvalue weighted by Gasteiger charge is -2.06. The zero-order chi connectivity index (χ0) is 14.9. The minimum absolute atomic E-state index is 0.632. The summed E-state index contributed by atoms with van der Waals surface area (Å²) in [6.45, 7) is 0.796. The first-order valence-electron chi connectivity index (χ1n) is 7.65. The van der Waals surface area contributed by atoms with E-state index in [1.165, 1.54) is 34.8 Å². The highest BCUT2D eigenvalue weighted by Crippen LogP contribution is 2.26. The summed E-state index contributed by atoms with van der Waals surface area (Å²) in [6, 6.07) is 0. The third kappa shape index (κ3) is 2.56. The van der Waals surface area contributed by atoms with Gasteiger partial charge >= 0.3 is 0 Å². The molecule has 3 aromatic heterocycles. The van der Waals surface area contributed by atoms with E-state index < -0.39 is 0 Å². The molecule has 114 valence electrons. The fraction of sp³-hybridized carbons (Fsp3) is 0.467. The van der Waals surface area contributed by atoms with Crippen molar-refractivity contribution in [3.63, 3.8) is 0 Å². The quantitative estimate of drug-likeness (QED) is 0.800. The van der Waals surface area contributed by atoms with Crippen molar-refractivity contribution in [3.05, 3.63) is 28.1 Å². The van der Waals surface area contributed by atoms with Crippen LogP contribution in [-0.4, -0.2) is 31.0 Å². The highest BCUT2D eigenvalue weighted by Gasteiger charge is 2.14. The van der Waals surface area contributed by atoms with Crippen LogP contribution in [0.4, 0.5) is 5.95 Å². The van der Waals surface area contributed by atoms with Gasteiger partial charge in [0.2, 0.25) is 5.95 Å². The molecule has 3 aromatic rings. The van der Waals surface area contributed by atoms with E-state index >= 15 is 0 Å². The molecule has 1 aliphatic carbocycles. The topological polar surface area (TPSA) is 68.5 Å². The summed E-state index contributed by atoms with van der Waals surface area (Å²) in [6.07, 6.45) is 9.43. The lowest BCUT2D eigenvalue weighted by Crippen LogP contribution is -2.08. The van der Waals surface area contributed by atoms with Gasteiger partial charge in [0.25, 0.3) is 0 Å². The normalized spacial score (nSPS) is 14.2. The molecule has 1 N–H and O–H groups in total. The number of fused-ring (bicyclic) bond motifs is 2. The first-order chi connectivity index (χ1) is 10.8. The second kappa shape index (κ2) is 5.64. The van der Waals surface area contributed by atoms with Crippen molar-refractivity contribution in [1.82, 2.24) is 24.5 Å². The Hall–Kier alpha value is -2.02. The number of nitrogens with zero attached hydrogens (tertiary/aromatic N) is 5. The van der Waals surface area contributed by atoms with Crippen molar-refractivity contribution in [3.8, 4) is 0 Å². The highest BCUT2D eigenvalue weighted by molar-refractivity contribution is 7.11. The number of imidazole rings is 1. The van der Waals surface area contributed by atoms with Crippen molar-refractivity contribution in [1.29, 1.82) is 0 Å². The van der Waals surface area contributed by atoms with E-state index in [2.05, 4.69) is 20.3 Å². The van der Waals surface area contributed by atoms with E-state index in [1.54, 1.807) is 12.5 Å². The number of thiazole rings is 1. The fourth-order valence-corrected chi connectivity index (χ4v) is 3.95. The zero-order valence-corrected chi connectivity index (χ0v) is 13.4. The molecule has 0 amide bonds. The van der Waals surface area contributed by atoms with Crippen LogP contribution in [0.3, 0.4) is 0 Å². The van der Waals surface area contributed by atoms with Gasteiger partial charge in [-0.05, 0) is 25.7 Å². The predicted molar refractivity (Wildman–Crippen MR) is 87.3 cm³/mol. The Labute approximate surface area is 132 Å². The number of hydrogen-bond donors (Lipinski definition) is 1. The Bertz CT molecular complexity index is 782. The molecular formula is C15H18N6S. The summed E-state index contributed by atoms with van der Waals surface area (Å²) < 4.78 is 1.92. The molecule has 7 heteroatoms. The predicted octanol–water partition coefficient (Wildman–Crippen LogP) is 2.35. The number of aryl methyl sites for hydroxylation is 3. The van der Waals surface area contributed by atoms with Crippen LogP contribution >= 0.6 is 11.3 Å². The fourth-order valence-electron chi connectivity index (χ4n) is 2.79. The van der Waals surface area contributed by atoms with Gasteiger partial charge in [-0.1, -0.05) is 0 Å². The molecule has 0 bridgehead atoms. The Kier molecular flexibility index (Phi) is 3.49. The van der Waals surface area contributed by atoms with Crippen molar-refractivity contribution < 1.29 is 0 Å². The highest BCUT2D eigenvalue weighted by atomic mass is 32.1. The standard InChI is InChI=1S/C15H18N6S/c1-21-9-18-14-11(21)8-17-15(20-14)16-7-6-13-19-10-4-2-3-5-12(10)22-13/h8-9H,2-7H2,1H3,(H,16,17,20). The molecule has 0 aliphatic heterocycles. The number of aromatic nitrogens is 5. The average Bonchev–Trinajstić information content (AvgIpc) is 3.11. The summed E-state index contributed by atoms with van der Waals surface area (Å²) in [5.74, 6) is 0.632. The second-order valence-corrected chi connectivity index (χ2v) is 6.79. The van der Waals surface area contributed by atoms with Crippen LogP contribution in [0, 0.1) is 0 Å². The van der Waals surface area contributed by atoms with Gasteiger partial charge in [-0.2, -0.15) is 4.98 Å². The molecule has 1 aliphatic rings. The van der Waals surface area contributed by atoms with Crippen molar-refractivity contribution >= 4 is 28.4 Å². The van der Waals surface area contributed by atoms with Crippen LogP contribution in [0.5, 0.6) is 0 Å². The molecule has 0 unspecified atom stereocenters. The number of anilines is 1. The van der Waals surface area contributed by atoms with Gasteiger partial charge in [-0.15, -0.1) is 11.3 Å². The molecule has 22 heavy (non-hydrogen) atoms. The van der Waals surface area contributed by atoms with Gasteiger partial charge in [-0.25, -0.2) is 15.0 Å². The molecular weight excluding hydrogens is 296 g/mol. The van der Waals surface area contributed by atoms with Gasteiger partial charge in [0.15, 0.2) is 5.65 Å². The average molecular weight is 314 g/mol. The Morgan fingerprint density at radius 3 is 3.05 bits per heavy atom. The van der Waals surface area contributed by atoms with Gasteiger partial charge in [0.05, 0.1) is 23.2 Å². The summed E-state index contributed by atoms with van der Waals surface area (Å²) in [5.41, 5.74) is 3.00.